The molecule has 0 radical (unpaired) electrons. The molecule has 0 N–H and O–H groups in total. The molecule has 0 fully saturated rings. The maximum atomic E-state index is 13.3. The minimum atomic E-state index is -4.51. The summed E-state index contributed by atoms with van der Waals surface area (Å²) in [6.45, 7) is -1.64. The Morgan fingerprint density at radius 2 is 1.71 bits per heavy atom. The second-order valence-electron chi connectivity index (χ2n) is 5.62. The summed E-state index contributed by atoms with van der Waals surface area (Å²) in [4.78, 5) is 19.3. The third-order valence-electron chi connectivity index (χ3n) is 3.47. The average molecular weight is 398 g/mol. The van der Waals surface area contributed by atoms with Crippen molar-refractivity contribution in [2.75, 3.05) is 6.61 Å². The molecular formula is C17H11F5N4O2. The average Bonchev–Trinajstić information content (AvgIpc) is 2.65. The van der Waals surface area contributed by atoms with Gasteiger partial charge in [0.25, 0.3) is 5.56 Å². The molecule has 11 heteroatoms. The van der Waals surface area contributed by atoms with Gasteiger partial charge in [-0.2, -0.15) is 18.3 Å². The van der Waals surface area contributed by atoms with Gasteiger partial charge in [0.05, 0.1) is 12.2 Å². The van der Waals surface area contributed by atoms with Crippen LogP contribution < -0.4 is 10.3 Å². The maximum absolute atomic E-state index is 13.3. The third-order valence-corrected chi connectivity index (χ3v) is 3.47. The highest BCUT2D eigenvalue weighted by molar-refractivity contribution is 5.55. The first kappa shape index (κ1) is 19.4. The number of aromatic nitrogens is 4. The van der Waals surface area contributed by atoms with Crippen molar-refractivity contribution < 1.29 is 26.7 Å². The monoisotopic (exact) mass is 398 g/mol. The fourth-order valence-corrected chi connectivity index (χ4v) is 2.20. The Bertz CT molecular complexity index is 1030. The highest BCUT2D eigenvalue weighted by Gasteiger charge is 2.28. The first-order valence-electron chi connectivity index (χ1n) is 7.75. The van der Waals surface area contributed by atoms with Crippen molar-refractivity contribution in [2.45, 2.75) is 12.7 Å². The molecule has 0 saturated carbocycles. The fourth-order valence-electron chi connectivity index (χ4n) is 2.20. The molecule has 0 bridgehead atoms. The van der Waals surface area contributed by atoms with Crippen LogP contribution in [0.25, 0.3) is 11.3 Å². The number of halogens is 5. The van der Waals surface area contributed by atoms with E-state index in [0.29, 0.717) is 11.1 Å². The Morgan fingerprint density at radius 3 is 2.36 bits per heavy atom. The maximum Gasteiger partial charge on any atom is 0.422 e. The lowest BCUT2D eigenvalue weighted by molar-refractivity contribution is -0.154. The molecule has 2 aromatic heterocycles. The summed E-state index contributed by atoms with van der Waals surface area (Å²) in [7, 11) is 0. The van der Waals surface area contributed by atoms with Crippen molar-refractivity contribution in [3.8, 4) is 17.3 Å². The lowest BCUT2D eigenvalue weighted by atomic mass is 10.2. The predicted molar refractivity (Wildman–Crippen MR) is 86.5 cm³/mol. The van der Waals surface area contributed by atoms with E-state index in [0.717, 1.165) is 16.8 Å². The Balaban J connectivity index is 1.80. The normalized spacial score (nSPS) is 11.5. The predicted octanol–water partition coefficient (Wildman–Crippen LogP) is 2.97. The Morgan fingerprint density at radius 1 is 1.00 bits per heavy atom. The number of ether oxygens (including phenoxy) is 1. The van der Waals surface area contributed by atoms with E-state index in [9.17, 15) is 26.7 Å². The van der Waals surface area contributed by atoms with Gasteiger partial charge in [-0.3, -0.25) is 4.79 Å². The van der Waals surface area contributed by atoms with Crippen LogP contribution in [0.2, 0.25) is 0 Å². The van der Waals surface area contributed by atoms with Crippen molar-refractivity contribution in [3.63, 3.8) is 0 Å². The summed E-state index contributed by atoms with van der Waals surface area (Å²) in [5.41, 5.74) is 0.403. The Kier molecular flexibility index (Phi) is 5.34. The van der Waals surface area contributed by atoms with Gasteiger partial charge in [0.15, 0.2) is 18.2 Å². The van der Waals surface area contributed by atoms with E-state index < -0.39 is 36.0 Å². The molecule has 0 saturated heterocycles. The highest BCUT2D eigenvalue weighted by atomic mass is 19.4. The zero-order chi connectivity index (χ0) is 20.3. The van der Waals surface area contributed by atoms with Crippen molar-refractivity contribution in [2.24, 2.45) is 0 Å². The van der Waals surface area contributed by atoms with Crippen LogP contribution in [-0.4, -0.2) is 32.5 Å². The zero-order valence-electron chi connectivity index (χ0n) is 14.0. The van der Waals surface area contributed by atoms with Crippen LogP contribution in [0.5, 0.6) is 6.01 Å². The van der Waals surface area contributed by atoms with E-state index in [2.05, 4.69) is 19.8 Å². The minimum Gasteiger partial charge on any atom is -0.454 e. The quantitative estimate of drug-likeness (QED) is 0.618. The van der Waals surface area contributed by atoms with Gasteiger partial charge in [-0.15, -0.1) is 0 Å². The molecule has 0 aliphatic carbocycles. The first-order chi connectivity index (χ1) is 13.2. The minimum absolute atomic E-state index is 0.114. The van der Waals surface area contributed by atoms with Gasteiger partial charge < -0.3 is 4.74 Å². The summed E-state index contributed by atoms with van der Waals surface area (Å²) >= 11 is 0. The molecule has 2 heterocycles. The molecule has 0 spiro atoms. The number of hydrogen-bond donors (Lipinski definition) is 0. The molecular weight excluding hydrogens is 387 g/mol. The molecule has 6 nitrogen and oxygen atoms in total. The summed E-state index contributed by atoms with van der Waals surface area (Å²) < 4.78 is 68.1. The van der Waals surface area contributed by atoms with Crippen LogP contribution in [-0.2, 0) is 6.54 Å². The number of benzene rings is 1. The van der Waals surface area contributed by atoms with Crippen molar-refractivity contribution >= 4 is 0 Å². The van der Waals surface area contributed by atoms with Gasteiger partial charge in [-0.05, 0) is 23.8 Å². The molecule has 3 aromatic rings. The van der Waals surface area contributed by atoms with E-state index in [4.69, 9.17) is 0 Å². The van der Waals surface area contributed by atoms with Crippen LogP contribution in [0.4, 0.5) is 22.0 Å². The standard InChI is InChI=1S/C17H11F5N4O2/c18-12-2-1-10(5-13(12)19)8-26-15(27)4-3-14(25-26)11-6-23-16(24-7-11)28-9-17(20,21)22/h1-7H,8-9H2. The van der Waals surface area contributed by atoms with Gasteiger partial charge in [0.2, 0.25) is 0 Å². The van der Waals surface area contributed by atoms with E-state index in [1.54, 1.807) is 0 Å². The molecule has 0 amide bonds. The lowest BCUT2D eigenvalue weighted by Gasteiger charge is -2.09. The Labute approximate surface area is 154 Å². The molecule has 28 heavy (non-hydrogen) atoms. The number of rotatable bonds is 5. The van der Waals surface area contributed by atoms with E-state index in [-0.39, 0.29) is 12.2 Å². The molecule has 0 aliphatic rings. The van der Waals surface area contributed by atoms with Crippen LogP contribution in [0, 0.1) is 11.6 Å². The van der Waals surface area contributed by atoms with Crippen LogP contribution in [0.15, 0.2) is 47.5 Å². The molecule has 0 atom stereocenters. The largest absolute Gasteiger partial charge is 0.454 e. The van der Waals surface area contributed by atoms with Gasteiger partial charge in [0.1, 0.15) is 0 Å². The van der Waals surface area contributed by atoms with E-state index in [1.165, 1.54) is 30.6 Å². The molecule has 0 aliphatic heterocycles. The van der Waals surface area contributed by atoms with Crippen LogP contribution >= 0.6 is 0 Å². The van der Waals surface area contributed by atoms with E-state index >= 15 is 0 Å². The lowest BCUT2D eigenvalue weighted by Crippen LogP contribution is -2.23. The molecule has 3 rings (SSSR count). The van der Waals surface area contributed by atoms with Crippen molar-refractivity contribution in [1.29, 1.82) is 0 Å². The van der Waals surface area contributed by atoms with Gasteiger partial charge >= 0.3 is 12.2 Å². The second-order valence-corrected chi connectivity index (χ2v) is 5.62. The smallest absolute Gasteiger partial charge is 0.422 e. The zero-order valence-corrected chi connectivity index (χ0v) is 14.0. The summed E-state index contributed by atoms with van der Waals surface area (Å²) in [5, 5.41) is 4.09. The third kappa shape index (κ3) is 4.87. The second kappa shape index (κ2) is 7.71. The highest BCUT2D eigenvalue weighted by Crippen LogP contribution is 2.18. The number of hydrogen-bond acceptors (Lipinski definition) is 5. The molecule has 1 aromatic carbocycles. The number of nitrogens with zero attached hydrogens (tertiary/aromatic N) is 4. The topological polar surface area (TPSA) is 69.9 Å². The number of alkyl halides is 3. The molecule has 146 valence electrons. The van der Waals surface area contributed by atoms with Crippen molar-refractivity contribution in [3.05, 3.63) is 70.3 Å². The first-order valence-corrected chi connectivity index (χ1v) is 7.75. The van der Waals surface area contributed by atoms with Crippen LogP contribution in [0.1, 0.15) is 5.56 Å². The summed E-state index contributed by atoms with van der Waals surface area (Å²) in [6, 6.07) is 5.32. The summed E-state index contributed by atoms with van der Waals surface area (Å²) in [6.07, 6.45) is -2.14. The van der Waals surface area contributed by atoms with Crippen LogP contribution in [0.3, 0.4) is 0 Å². The Hall–Kier alpha value is -3.37. The van der Waals surface area contributed by atoms with Gasteiger partial charge in [0, 0.05) is 24.0 Å². The van der Waals surface area contributed by atoms with Crippen molar-refractivity contribution in [1.82, 2.24) is 19.7 Å². The van der Waals surface area contributed by atoms with Gasteiger partial charge in [-0.1, -0.05) is 6.07 Å². The molecule has 0 unspecified atom stereocenters. The fraction of sp³-hybridized carbons (Fsp3) is 0.176. The summed E-state index contributed by atoms with van der Waals surface area (Å²) in [5.74, 6) is -2.06. The SMILES string of the molecule is O=c1ccc(-c2cnc(OCC(F)(F)F)nc2)nn1Cc1ccc(F)c(F)c1. The van der Waals surface area contributed by atoms with Gasteiger partial charge in [-0.25, -0.2) is 23.4 Å². The van der Waals surface area contributed by atoms with E-state index in [1.807, 2.05) is 0 Å².